The van der Waals surface area contributed by atoms with Crippen LogP contribution in [0.2, 0.25) is 5.15 Å². The highest BCUT2D eigenvalue weighted by molar-refractivity contribution is 6.30. The maximum absolute atomic E-state index is 11.8. The van der Waals surface area contributed by atoms with E-state index in [-0.39, 0.29) is 10.7 Å². The molecule has 0 saturated heterocycles. The molecule has 0 radical (unpaired) electrons. The first-order valence-electron chi connectivity index (χ1n) is 4.34. The first kappa shape index (κ1) is 10.5. The molecule has 0 aliphatic carbocycles. The zero-order valence-electron chi connectivity index (χ0n) is 8.27. The normalized spacial score (nSPS) is 10.1. The predicted octanol–water partition coefficient (Wildman–Crippen LogP) is 1.23. The lowest BCUT2D eigenvalue weighted by Crippen LogP contribution is -2.18. The second-order valence-electron chi connectivity index (χ2n) is 2.96. The van der Waals surface area contributed by atoms with E-state index in [2.05, 4.69) is 4.98 Å². The molecule has 2 rings (SSSR count). The molecular weight excluding hydrogens is 230 g/mol. The van der Waals surface area contributed by atoms with Crippen LogP contribution in [0, 0.1) is 11.3 Å². The SMILES string of the molecule is COc1cccn2c(=O)c(C#N)c(Cl)nc12. The van der Waals surface area contributed by atoms with Gasteiger partial charge >= 0.3 is 0 Å². The zero-order valence-corrected chi connectivity index (χ0v) is 9.02. The van der Waals surface area contributed by atoms with Crippen LogP contribution in [0.4, 0.5) is 0 Å². The molecule has 0 atom stereocenters. The molecule has 80 valence electrons. The first-order valence-corrected chi connectivity index (χ1v) is 4.72. The summed E-state index contributed by atoms with van der Waals surface area (Å²) < 4.78 is 6.27. The Morgan fingerprint density at radius 2 is 2.38 bits per heavy atom. The van der Waals surface area contributed by atoms with Gasteiger partial charge < -0.3 is 4.74 Å². The molecule has 0 spiro atoms. The summed E-state index contributed by atoms with van der Waals surface area (Å²) in [6.07, 6.45) is 1.50. The minimum absolute atomic E-state index is 0.114. The van der Waals surface area contributed by atoms with Gasteiger partial charge in [0.15, 0.2) is 22.1 Å². The van der Waals surface area contributed by atoms with Gasteiger partial charge in [0.2, 0.25) is 0 Å². The maximum Gasteiger partial charge on any atom is 0.277 e. The van der Waals surface area contributed by atoms with Crippen LogP contribution in [0.5, 0.6) is 5.75 Å². The highest BCUT2D eigenvalue weighted by Crippen LogP contribution is 2.18. The third kappa shape index (κ3) is 1.40. The van der Waals surface area contributed by atoms with Gasteiger partial charge in [0.1, 0.15) is 6.07 Å². The molecule has 6 heteroatoms. The third-order valence-electron chi connectivity index (χ3n) is 2.11. The van der Waals surface area contributed by atoms with Gasteiger partial charge in [-0.25, -0.2) is 4.98 Å². The summed E-state index contributed by atoms with van der Waals surface area (Å²) in [5.41, 5.74) is -0.386. The van der Waals surface area contributed by atoms with Crippen molar-refractivity contribution in [2.24, 2.45) is 0 Å². The number of nitrogens with zero attached hydrogens (tertiary/aromatic N) is 3. The second kappa shape index (κ2) is 3.83. The van der Waals surface area contributed by atoms with Crippen LogP contribution in [0.3, 0.4) is 0 Å². The Kier molecular flexibility index (Phi) is 2.50. The largest absolute Gasteiger partial charge is 0.493 e. The molecule has 0 saturated carbocycles. The van der Waals surface area contributed by atoms with Crippen molar-refractivity contribution >= 4 is 17.2 Å². The molecule has 2 aromatic rings. The highest BCUT2D eigenvalue weighted by Gasteiger charge is 2.12. The van der Waals surface area contributed by atoms with Crippen LogP contribution in [0.15, 0.2) is 23.1 Å². The highest BCUT2D eigenvalue weighted by atomic mass is 35.5. The third-order valence-corrected chi connectivity index (χ3v) is 2.38. The Labute approximate surface area is 95.5 Å². The van der Waals surface area contributed by atoms with Crippen LogP contribution >= 0.6 is 11.6 Å². The van der Waals surface area contributed by atoms with E-state index in [0.717, 1.165) is 0 Å². The van der Waals surface area contributed by atoms with Crippen molar-refractivity contribution in [3.8, 4) is 11.8 Å². The smallest absolute Gasteiger partial charge is 0.277 e. The fourth-order valence-corrected chi connectivity index (χ4v) is 1.57. The van der Waals surface area contributed by atoms with E-state index in [1.807, 2.05) is 0 Å². The van der Waals surface area contributed by atoms with E-state index in [1.54, 1.807) is 18.2 Å². The Morgan fingerprint density at radius 3 is 3.00 bits per heavy atom. The summed E-state index contributed by atoms with van der Waals surface area (Å²) in [4.78, 5) is 15.8. The number of methoxy groups -OCH3 is 1. The van der Waals surface area contributed by atoms with Gasteiger partial charge in [-0.3, -0.25) is 9.20 Å². The molecule has 0 N–H and O–H groups in total. The van der Waals surface area contributed by atoms with Crippen LogP contribution in [-0.2, 0) is 0 Å². The Bertz CT molecular complexity index is 657. The number of nitriles is 1. The van der Waals surface area contributed by atoms with Crippen LogP contribution in [-0.4, -0.2) is 16.5 Å². The first-order chi connectivity index (χ1) is 7.69. The molecule has 0 fully saturated rings. The molecule has 5 nitrogen and oxygen atoms in total. The van der Waals surface area contributed by atoms with E-state index in [9.17, 15) is 4.79 Å². The molecule has 0 aliphatic rings. The van der Waals surface area contributed by atoms with Gasteiger partial charge in [0.05, 0.1) is 7.11 Å². The molecule has 16 heavy (non-hydrogen) atoms. The van der Waals surface area contributed by atoms with Crippen molar-refractivity contribution in [2.45, 2.75) is 0 Å². The summed E-state index contributed by atoms with van der Waals surface area (Å²) >= 11 is 5.74. The van der Waals surface area contributed by atoms with Crippen molar-refractivity contribution in [1.82, 2.24) is 9.38 Å². The summed E-state index contributed by atoms with van der Waals surface area (Å²) in [6, 6.07) is 5.01. The number of halogens is 1. The topological polar surface area (TPSA) is 67.4 Å². The van der Waals surface area contributed by atoms with Crippen LogP contribution in [0.25, 0.3) is 5.65 Å². The summed E-state index contributed by atoms with van der Waals surface area (Å²) in [5, 5.41) is 8.65. The van der Waals surface area contributed by atoms with Crippen molar-refractivity contribution in [3.05, 3.63) is 39.4 Å². The van der Waals surface area contributed by atoms with Crippen LogP contribution < -0.4 is 10.3 Å². The molecule has 0 amide bonds. The fourth-order valence-electron chi connectivity index (χ4n) is 1.36. The average Bonchev–Trinajstić information content (AvgIpc) is 2.29. The van der Waals surface area contributed by atoms with Crippen molar-refractivity contribution < 1.29 is 4.74 Å². The van der Waals surface area contributed by atoms with Crippen LogP contribution in [0.1, 0.15) is 5.56 Å². The van der Waals surface area contributed by atoms with Gasteiger partial charge in [-0.1, -0.05) is 11.6 Å². The van der Waals surface area contributed by atoms with Gasteiger partial charge in [-0.2, -0.15) is 5.26 Å². The molecule has 0 unspecified atom stereocenters. The number of aromatic nitrogens is 2. The van der Waals surface area contributed by atoms with Crippen molar-refractivity contribution in [2.75, 3.05) is 7.11 Å². The molecule has 0 aromatic carbocycles. The quantitative estimate of drug-likeness (QED) is 0.697. The number of hydrogen-bond donors (Lipinski definition) is 0. The Hall–Kier alpha value is -2.06. The van der Waals surface area contributed by atoms with Crippen molar-refractivity contribution in [1.29, 1.82) is 5.26 Å². The van der Waals surface area contributed by atoms with Gasteiger partial charge in [-0.15, -0.1) is 0 Å². The lowest BCUT2D eigenvalue weighted by molar-refractivity contribution is 0.416. The summed E-state index contributed by atoms with van der Waals surface area (Å²) in [6.45, 7) is 0. The van der Waals surface area contributed by atoms with E-state index in [4.69, 9.17) is 21.6 Å². The molecule has 2 heterocycles. The molecule has 0 bridgehead atoms. The van der Waals surface area contributed by atoms with Gasteiger partial charge in [0.25, 0.3) is 5.56 Å². The number of ether oxygens (including phenoxy) is 1. The second-order valence-corrected chi connectivity index (χ2v) is 3.32. The van der Waals surface area contributed by atoms with E-state index >= 15 is 0 Å². The number of pyridine rings is 1. The summed E-state index contributed by atoms with van der Waals surface area (Å²) in [5.74, 6) is 0.422. The minimum atomic E-state index is -0.503. The van der Waals surface area contributed by atoms with E-state index in [1.165, 1.54) is 17.7 Å². The van der Waals surface area contributed by atoms with Crippen molar-refractivity contribution in [3.63, 3.8) is 0 Å². The molecule has 0 aliphatic heterocycles. The van der Waals surface area contributed by atoms with E-state index in [0.29, 0.717) is 11.4 Å². The lowest BCUT2D eigenvalue weighted by Gasteiger charge is -2.06. The van der Waals surface area contributed by atoms with Gasteiger partial charge in [-0.05, 0) is 12.1 Å². The maximum atomic E-state index is 11.8. The Balaban J connectivity index is 2.99. The standard InChI is InChI=1S/C10H6ClN3O2/c1-16-7-3-2-4-14-9(7)13-8(11)6(5-12)10(14)15/h2-4H,1H3. The molecule has 2 aromatic heterocycles. The zero-order chi connectivity index (χ0) is 11.7. The predicted molar refractivity (Wildman–Crippen MR) is 57.7 cm³/mol. The monoisotopic (exact) mass is 235 g/mol. The fraction of sp³-hybridized carbons (Fsp3) is 0.100. The minimum Gasteiger partial charge on any atom is -0.493 e. The average molecular weight is 236 g/mol. The lowest BCUT2D eigenvalue weighted by atomic mass is 10.3. The summed E-state index contributed by atoms with van der Waals surface area (Å²) in [7, 11) is 1.47. The number of hydrogen-bond acceptors (Lipinski definition) is 4. The number of fused-ring (bicyclic) bond motifs is 1. The Morgan fingerprint density at radius 1 is 1.62 bits per heavy atom. The van der Waals surface area contributed by atoms with E-state index < -0.39 is 5.56 Å². The van der Waals surface area contributed by atoms with Gasteiger partial charge in [0, 0.05) is 6.20 Å². The number of rotatable bonds is 1. The molecular formula is C10H6ClN3O2.